The van der Waals surface area contributed by atoms with E-state index in [4.69, 9.17) is 4.74 Å². The van der Waals surface area contributed by atoms with E-state index >= 15 is 0 Å². The lowest BCUT2D eigenvalue weighted by Crippen LogP contribution is -2.28. The Kier molecular flexibility index (Phi) is 3.74. The Balaban J connectivity index is 2.95. The number of rotatable bonds is 4. The van der Waals surface area contributed by atoms with Crippen LogP contribution in [0.1, 0.15) is 11.5 Å². The third kappa shape index (κ3) is 2.99. The van der Waals surface area contributed by atoms with Crippen molar-refractivity contribution in [3.8, 4) is 0 Å². The molecule has 0 N–H and O–H groups in total. The number of ketones is 1. The van der Waals surface area contributed by atoms with Gasteiger partial charge in [0.1, 0.15) is 12.4 Å². The highest BCUT2D eigenvalue weighted by atomic mass is 16.5. The molecule has 0 aromatic carbocycles. The molecular weight excluding hydrogens is 196 g/mol. The highest BCUT2D eigenvalue weighted by Crippen LogP contribution is 1.93. The van der Waals surface area contributed by atoms with E-state index in [1.165, 1.54) is 17.7 Å². The zero-order chi connectivity index (χ0) is 11.4. The lowest BCUT2D eigenvalue weighted by molar-refractivity contribution is -0.123. The summed E-state index contributed by atoms with van der Waals surface area (Å²) < 4.78 is 6.04. The number of Topliss-reactive ketones (excluding diaryl/α,β-unsaturated/α-hetero) is 1. The van der Waals surface area contributed by atoms with E-state index in [2.05, 4.69) is 4.98 Å². The molecule has 1 rings (SSSR count). The molecule has 1 heterocycles. The normalized spacial score (nSPS) is 10.3. The van der Waals surface area contributed by atoms with Gasteiger partial charge >= 0.3 is 0 Å². The SMILES string of the molecule is COCC(=O)Cn1c(C)nc(C)cc1=O. The Hall–Kier alpha value is -1.49. The van der Waals surface area contributed by atoms with E-state index in [1.54, 1.807) is 13.8 Å². The van der Waals surface area contributed by atoms with Crippen LogP contribution in [-0.4, -0.2) is 29.1 Å². The number of nitrogens with zero attached hydrogens (tertiary/aromatic N) is 2. The van der Waals surface area contributed by atoms with Crippen LogP contribution in [0, 0.1) is 13.8 Å². The van der Waals surface area contributed by atoms with Gasteiger partial charge in [0.15, 0.2) is 5.78 Å². The van der Waals surface area contributed by atoms with Crippen molar-refractivity contribution < 1.29 is 9.53 Å². The zero-order valence-electron chi connectivity index (χ0n) is 9.11. The smallest absolute Gasteiger partial charge is 0.254 e. The highest BCUT2D eigenvalue weighted by molar-refractivity contribution is 5.79. The first-order chi connectivity index (χ1) is 7.04. The largest absolute Gasteiger partial charge is 0.377 e. The standard InChI is InChI=1S/C10H14N2O3/c1-7-4-10(14)12(8(2)11-7)5-9(13)6-15-3/h4H,5-6H2,1-3H3. The first kappa shape index (κ1) is 11.6. The zero-order valence-corrected chi connectivity index (χ0v) is 9.11. The predicted molar refractivity (Wildman–Crippen MR) is 54.9 cm³/mol. The molecule has 15 heavy (non-hydrogen) atoms. The lowest BCUT2D eigenvalue weighted by Gasteiger charge is -2.08. The summed E-state index contributed by atoms with van der Waals surface area (Å²) in [6.07, 6.45) is 0. The number of hydrogen-bond donors (Lipinski definition) is 0. The molecule has 0 radical (unpaired) electrons. The van der Waals surface area contributed by atoms with Gasteiger partial charge in [0, 0.05) is 18.9 Å². The molecule has 5 heteroatoms. The van der Waals surface area contributed by atoms with Crippen LogP contribution < -0.4 is 5.56 Å². The molecule has 0 saturated heterocycles. The van der Waals surface area contributed by atoms with Crippen molar-refractivity contribution in [2.75, 3.05) is 13.7 Å². The molecule has 0 amide bonds. The second-order valence-corrected chi connectivity index (χ2v) is 3.34. The number of aryl methyl sites for hydroxylation is 2. The fourth-order valence-corrected chi connectivity index (χ4v) is 1.34. The van der Waals surface area contributed by atoms with Crippen molar-refractivity contribution in [2.45, 2.75) is 20.4 Å². The molecule has 82 valence electrons. The van der Waals surface area contributed by atoms with Crippen LogP contribution in [0.25, 0.3) is 0 Å². The summed E-state index contributed by atoms with van der Waals surface area (Å²) in [4.78, 5) is 26.9. The van der Waals surface area contributed by atoms with Gasteiger partial charge in [-0.15, -0.1) is 0 Å². The van der Waals surface area contributed by atoms with Crippen molar-refractivity contribution in [3.05, 3.63) is 27.9 Å². The van der Waals surface area contributed by atoms with Crippen molar-refractivity contribution >= 4 is 5.78 Å². The second kappa shape index (κ2) is 4.84. The van der Waals surface area contributed by atoms with Gasteiger partial charge in [-0.25, -0.2) is 4.98 Å². The van der Waals surface area contributed by atoms with E-state index in [0.717, 1.165) is 0 Å². The van der Waals surface area contributed by atoms with Gasteiger partial charge in [0.05, 0.1) is 6.54 Å². The quantitative estimate of drug-likeness (QED) is 0.706. The molecule has 0 saturated carbocycles. The molecule has 0 aliphatic carbocycles. The van der Waals surface area contributed by atoms with Crippen LogP contribution >= 0.6 is 0 Å². The molecule has 0 aliphatic rings. The Morgan fingerprint density at radius 3 is 2.73 bits per heavy atom. The van der Waals surface area contributed by atoms with Gasteiger partial charge in [0.2, 0.25) is 0 Å². The molecule has 0 unspecified atom stereocenters. The topological polar surface area (TPSA) is 61.2 Å². The van der Waals surface area contributed by atoms with Gasteiger partial charge in [-0.3, -0.25) is 14.2 Å². The van der Waals surface area contributed by atoms with Crippen LogP contribution in [0.3, 0.4) is 0 Å². The van der Waals surface area contributed by atoms with E-state index in [0.29, 0.717) is 11.5 Å². The molecule has 0 bridgehead atoms. The minimum absolute atomic E-state index is 0.0136. The molecule has 1 aromatic rings. The molecule has 0 aliphatic heterocycles. The summed E-state index contributed by atoms with van der Waals surface area (Å²) in [5.41, 5.74) is 0.456. The second-order valence-electron chi connectivity index (χ2n) is 3.34. The maximum absolute atomic E-state index is 11.5. The summed E-state index contributed by atoms with van der Waals surface area (Å²) in [7, 11) is 1.45. The van der Waals surface area contributed by atoms with Crippen molar-refractivity contribution in [1.82, 2.24) is 9.55 Å². The summed E-state index contributed by atoms with van der Waals surface area (Å²) in [5, 5.41) is 0. The van der Waals surface area contributed by atoms with Crippen molar-refractivity contribution in [3.63, 3.8) is 0 Å². The summed E-state index contributed by atoms with van der Waals surface area (Å²) in [6.45, 7) is 3.48. The lowest BCUT2D eigenvalue weighted by atomic mass is 10.3. The fraction of sp³-hybridized carbons (Fsp3) is 0.500. The number of carbonyl (C=O) groups excluding carboxylic acids is 1. The molecule has 0 atom stereocenters. The maximum atomic E-state index is 11.5. The Morgan fingerprint density at radius 2 is 2.20 bits per heavy atom. The Labute approximate surface area is 87.7 Å². The summed E-state index contributed by atoms with van der Waals surface area (Å²) in [6, 6.07) is 1.41. The van der Waals surface area contributed by atoms with E-state index in [1.807, 2.05) is 0 Å². The average molecular weight is 210 g/mol. The van der Waals surface area contributed by atoms with Gasteiger partial charge in [-0.05, 0) is 13.8 Å². The average Bonchev–Trinajstić information content (AvgIpc) is 2.11. The van der Waals surface area contributed by atoms with Gasteiger partial charge in [-0.2, -0.15) is 0 Å². The molecule has 0 spiro atoms. The number of hydrogen-bond acceptors (Lipinski definition) is 4. The fourth-order valence-electron chi connectivity index (χ4n) is 1.34. The van der Waals surface area contributed by atoms with Crippen LogP contribution in [0.5, 0.6) is 0 Å². The molecule has 1 aromatic heterocycles. The van der Waals surface area contributed by atoms with Gasteiger partial charge < -0.3 is 4.74 Å². The van der Waals surface area contributed by atoms with Gasteiger partial charge in [0.25, 0.3) is 5.56 Å². The molecular formula is C10H14N2O3. The predicted octanol–water partition coefficient (Wildman–Crippen LogP) is 0.0756. The van der Waals surface area contributed by atoms with Gasteiger partial charge in [-0.1, -0.05) is 0 Å². The number of carbonyl (C=O) groups is 1. The Bertz CT molecular complexity index is 423. The van der Waals surface area contributed by atoms with Crippen molar-refractivity contribution in [1.29, 1.82) is 0 Å². The third-order valence-corrected chi connectivity index (χ3v) is 1.97. The summed E-state index contributed by atoms with van der Waals surface area (Å²) in [5.74, 6) is 0.401. The maximum Gasteiger partial charge on any atom is 0.254 e. The van der Waals surface area contributed by atoms with Crippen molar-refractivity contribution in [2.24, 2.45) is 0 Å². The van der Waals surface area contributed by atoms with Crippen LogP contribution in [0.2, 0.25) is 0 Å². The molecule has 5 nitrogen and oxygen atoms in total. The number of methoxy groups -OCH3 is 1. The summed E-state index contributed by atoms with van der Waals surface area (Å²) >= 11 is 0. The third-order valence-electron chi connectivity index (χ3n) is 1.97. The minimum Gasteiger partial charge on any atom is -0.377 e. The monoisotopic (exact) mass is 210 g/mol. The first-order valence-corrected chi connectivity index (χ1v) is 4.60. The molecule has 0 fully saturated rings. The van der Waals surface area contributed by atoms with E-state index in [9.17, 15) is 9.59 Å². The first-order valence-electron chi connectivity index (χ1n) is 4.60. The van der Waals surface area contributed by atoms with E-state index in [-0.39, 0.29) is 24.5 Å². The number of aromatic nitrogens is 2. The van der Waals surface area contributed by atoms with E-state index < -0.39 is 0 Å². The highest BCUT2D eigenvalue weighted by Gasteiger charge is 2.07. The number of ether oxygens (including phenoxy) is 1. The van der Waals surface area contributed by atoms with Crippen LogP contribution in [0.4, 0.5) is 0 Å². The Morgan fingerprint density at radius 1 is 1.53 bits per heavy atom. The minimum atomic E-state index is -0.204. The van der Waals surface area contributed by atoms with Crippen LogP contribution in [0.15, 0.2) is 10.9 Å². The van der Waals surface area contributed by atoms with Crippen LogP contribution in [-0.2, 0) is 16.1 Å².